The Morgan fingerprint density at radius 2 is 1.47 bits per heavy atom. The van der Waals surface area contributed by atoms with Crippen molar-refractivity contribution < 1.29 is 19.8 Å². The van der Waals surface area contributed by atoms with E-state index < -0.39 is 12.1 Å². The van der Waals surface area contributed by atoms with Gasteiger partial charge in [0.1, 0.15) is 0 Å². The van der Waals surface area contributed by atoms with Crippen molar-refractivity contribution in [3.05, 3.63) is 0 Å². The third-order valence-electron chi connectivity index (χ3n) is 1.24. The van der Waals surface area contributed by atoms with Crippen molar-refractivity contribution in [1.29, 1.82) is 0 Å². The van der Waals surface area contributed by atoms with Gasteiger partial charge in [-0.25, -0.2) is 4.79 Å². The molecule has 0 aromatic carbocycles. The van der Waals surface area contributed by atoms with Crippen LogP contribution in [0.2, 0.25) is 0 Å². The number of rotatable bonds is 5. The Labute approximate surface area is 89.8 Å². The summed E-state index contributed by atoms with van der Waals surface area (Å²) in [6, 6.07) is 0. The van der Waals surface area contributed by atoms with Crippen molar-refractivity contribution in [3.63, 3.8) is 0 Å². The molecular formula is C8H23N3O4. The Kier molecular flexibility index (Phi) is 28.9. The monoisotopic (exact) mass is 225 g/mol. The predicted octanol–water partition coefficient (Wildman–Crippen LogP) is 1.99. The second-order valence-electron chi connectivity index (χ2n) is 2.54. The lowest BCUT2D eigenvalue weighted by atomic mass is 10.2. The van der Waals surface area contributed by atoms with Crippen LogP contribution in [-0.4, -0.2) is 22.3 Å². The number of amides is 1. The van der Waals surface area contributed by atoms with Gasteiger partial charge < -0.3 is 28.2 Å². The first kappa shape index (κ1) is 23.5. The number of hydrogen-bond donors (Lipinski definition) is 5. The standard InChI is InChI=1S/C7H14O2.CH3NO2.2H3N/c1-2-3-4-5-6-7(8)9;2-1(3)4;;/h2-6H2,1H3,(H,8,9);2H2,(H,3,4);2*1H3. The highest BCUT2D eigenvalue weighted by Crippen LogP contribution is 2.01. The highest BCUT2D eigenvalue weighted by molar-refractivity contribution is 5.66. The van der Waals surface area contributed by atoms with Gasteiger partial charge in [-0.15, -0.1) is 0 Å². The minimum atomic E-state index is -1.33. The molecule has 0 aromatic rings. The van der Waals surface area contributed by atoms with Crippen LogP contribution in [0, 0.1) is 0 Å². The number of carboxylic acid groups (broad SMARTS) is 2. The largest absolute Gasteiger partial charge is 0.481 e. The zero-order valence-electron chi connectivity index (χ0n) is 9.24. The van der Waals surface area contributed by atoms with Crippen LogP contribution in [0.25, 0.3) is 0 Å². The third kappa shape index (κ3) is 66.2. The number of carbonyl (C=O) groups is 2. The fraction of sp³-hybridized carbons (Fsp3) is 0.750. The fourth-order valence-corrected chi connectivity index (χ4v) is 0.703. The average molecular weight is 225 g/mol. The van der Waals surface area contributed by atoms with Crippen LogP contribution in [0.5, 0.6) is 0 Å². The van der Waals surface area contributed by atoms with E-state index in [-0.39, 0.29) is 12.3 Å². The molecule has 15 heavy (non-hydrogen) atoms. The summed E-state index contributed by atoms with van der Waals surface area (Å²) in [5.41, 5.74) is 4.03. The number of nitrogens with two attached hydrogens (primary N) is 1. The maximum absolute atomic E-state index is 9.96. The van der Waals surface area contributed by atoms with Gasteiger partial charge >= 0.3 is 12.1 Å². The lowest BCUT2D eigenvalue weighted by Crippen LogP contribution is -2.03. The van der Waals surface area contributed by atoms with Crippen LogP contribution in [0.3, 0.4) is 0 Å². The molecule has 0 spiro atoms. The molecule has 0 aromatic heterocycles. The molecule has 0 unspecified atom stereocenters. The SMILES string of the molecule is CCCCCCC(=O)O.N.N.NC(=O)O. The van der Waals surface area contributed by atoms with E-state index in [9.17, 15) is 4.79 Å². The van der Waals surface area contributed by atoms with Crippen molar-refractivity contribution in [2.24, 2.45) is 5.73 Å². The Morgan fingerprint density at radius 1 is 1.07 bits per heavy atom. The molecule has 1 amide bonds. The second-order valence-corrected chi connectivity index (χ2v) is 2.54. The van der Waals surface area contributed by atoms with E-state index >= 15 is 0 Å². The van der Waals surface area contributed by atoms with Crippen molar-refractivity contribution in [3.8, 4) is 0 Å². The Hall–Kier alpha value is -1.34. The molecule has 7 heteroatoms. The van der Waals surface area contributed by atoms with Crippen molar-refractivity contribution in [1.82, 2.24) is 12.3 Å². The molecule has 10 N–H and O–H groups in total. The zero-order chi connectivity index (χ0) is 10.7. The van der Waals surface area contributed by atoms with Gasteiger partial charge in [0.25, 0.3) is 0 Å². The van der Waals surface area contributed by atoms with Gasteiger partial charge in [-0.1, -0.05) is 26.2 Å². The van der Waals surface area contributed by atoms with E-state index in [0.29, 0.717) is 6.42 Å². The topological polar surface area (TPSA) is 171 Å². The minimum Gasteiger partial charge on any atom is -0.481 e. The molecule has 0 aliphatic heterocycles. The predicted molar refractivity (Wildman–Crippen MR) is 58.7 cm³/mol. The van der Waals surface area contributed by atoms with E-state index in [0.717, 1.165) is 19.3 Å². The molecule has 0 radical (unpaired) electrons. The summed E-state index contributed by atoms with van der Waals surface area (Å²) in [4.78, 5) is 18.7. The van der Waals surface area contributed by atoms with E-state index in [2.05, 4.69) is 12.7 Å². The summed E-state index contributed by atoms with van der Waals surface area (Å²) in [6.07, 6.45) is 3.22. The second kappa shape index (κ2) is 18.4. The molecule has 0 rings (SSSR count). The van der Waals surface area contributed by atoms with Crippen molar-refractivity contribution in [2.75, 3.05) is 0 Å². The Bertz CT molecular complexity index is 149. The van der Waals surface area contributed by atoms with E-state index in [1.807, 2.05) is 0 Å². The summed E-state index contributed by atoms with van der Waals surface area (Å²) in [7, 11) is 0. The molecule has 94 valence electrons. The van der Waals surface area contributed by atoms with Crippen LogP contribution < -0.4 is 18.0 Å². The highest BCUT2D eigenvalue weighted by Gasteiger charge is 1.93. The first-order valence-electron chi connectivity index (χ1n) is 4.20. The van der Waals surface area contributed by atoms with Gasteiger partial charge in [0, 0.05) is 6.42 Å². The lowest BCUT2D eigenvalue weighted by Gasteiger charge is -1.92. The number of primary amides is 1. The van der Waals surface area contributed by atoms with Gasteiger partial charge in [0.05, 0.1) is 0 Å². The molecule has 0 saturated carbocycles. The quantitative estimate of drug-likeness (QED) is 0.447. The molecule has 0 fully saturated rings. The molecule has 0 bridgehead atoms. The van der Waals surface area contributed by atoms with Crippen LogP contribution in [-0.2, 0) is 4.79 Å². The molecule has 0 atom stereocenters. The maximum Gasteiger partial charge on any atom is 0.402 e. The summed E-state index contributed by atoms with van der Waals surface area (Å²) in [5.74, 6) is -0.675. The number of carboxylic acids is 1. The van der Waals surface area contributed by atoms with Gasteiger partial charge in [-0.3, -0.25) is 4.79 Å². The molecular weight excluding hydrogens is 202 g/mol. The first-order chi connectivity index (χ1) is 6.00. The number of aliphatic carboxylic acids is 1. The normalized spacial score (nSPS) is 7.27. The minimum absolute atomic E-state index is 0. The van der Waals surface area contributed by atoms with E-state index in [1.54, 1.807) is 0 Å². The Balaban J connectivity index is -0.0000000883. The van der Waals surface area contributed by atoms with Crippen molar-refractivity contribution in [2.45, 2.75) is 39.0 Å². The molecule has 0 saturated heterocycles. The highest BCUT2D eigenvalue weighted by atomic mass is 16.4. The molecule has 7 nitrogen and oxygen atoms in total. The summed E-state index contributed by atoms with van der Waals surface area (Å²) < 4.78 is 0. The van der Waals surface area contributed by atoms with Gasteiger partial charge in [-0.2, -0.15) is 0 Å². The number of unbranched alkanes of at least 4 members (excludes halogenated alkanes) is 3. The smallest absolute Gasteiger partial charge is 0.402 e. The molecule has 0 heterocycles. The molecule has 0 aliphatic carbocycles. The van der Waals surface area contributed by atoms with Crippen LogP contribution in [0.1, 0.15) is 39.0 Å². The van der Waals surface area contributed by atoms with Gasteiger partial charge in [0.2, 0.25) is 0 Å². The summed E-state index contributed by atoms with van der Waals surface area (Å²) in [5, 5.41) is 15.4. The van der Waals surface area contributed by atoms with Crippen LogP contribution in [0.4, 0.5) is 4.79 Å². The summed E-state index contributed by atoms with van der Waals surface area (Å²) >= 11 is 0. The molecule has 0 aliphatic rings. The Morgan fingerprint density at radius 3 is 1.73 bits per heavy atom. The maximum atomic E-state index is 9.96. The third-order valence-corrected chi connectivity index (χ3v) is 1.24. The zero-order valence-corrected chi connectivity index (χ0v) is 9.24. The van der Waals surface area contributed by atoms with Crippen LogP contribution in [0.15, 0.2) is 0 Å². The fourth-order valence-electron chi connectivity index (χ4n) is 0.703. The van der Waals surface area contributed by atoms with E-state index in [4.69, 9.17) is 15.0 Å². The van der Waals surface area contributed by atoms with E-state index in [1.165, 1.54) is 6.42 Å². The summed E-state index contributed by atoms with van der Waals surface area (Å²) in [6.45, 7) is 2.11. The van der Waals surface area contributed by atoms with Gasteiger partial charge in [-0.05, 0) is 6.42 Å². The van der Waals surface area contributed by atoms with Crippen LogP contribution >= 0.6 is 0 Å². The first-order valence-corrected chi connectivity index (χ1v) is 4.20. The van der Waals surface area contributed by atoms with Crippen molar-refractivity contribution >= 4 is 12.1 Å². The van der Waals surface area contributed by atoms with Gasteiger partial charge in [0.15, 0.2) is 0 Å². The number of hydrogen-bond acceptors (Lipinski definition) is 4. The lowest BCUT2D eigenvalue weighted by molar-refractivity contribution is -0.137. The average Bonchev–Trinajstić information content (AvgIpc) is 1.97.